The molecule has 1 aliphatic rings. The molecule has 1 atom stereocenters. The summed E-state index contributed by atoms with van der Waals surface area (Å²) in [6.45, 7) is 4.25. The van der Waals surface area contributed by atoms with Crippen molar-refractivity contribution in [1.29, 1.82) is 0 Å². The maximum absolute atomic E-state index is 11.4. The lowest BCUT2D eigenvalue weighted by Gasteiger charge is -2.26. The molecule has 0 aromatic heterocycles. The first-order chi connectivity index (χ1) is 6.72. The number of benzene rings is 1. The molecule has 0 saturated heterocycles. The molecule has 0 bridgehead atoms. The zero-order valence-corrected chi connectivity index (χ0v) is 8.63. The van der Waals surface area contributed by atoms with Gasteiger partial charge in [0.05, 0.1) is 0 Å². The average Bonchev–Trinajstić information content (AvgIpc) is 2.16. The van der Waals surface area contributed by atoms with Gasteiger partial charge >= 0.3 is 0 Å². The molecule has 2 nitrogen and oxygen atoms in total. The summed E-state index contributed by atoms with van der Waals surface area (Å²) in [4.78, 5) is 11.4. The molecule has 1 unspecified atom stereocenters. The van der Waals surface area contributed by atoms with Crippen molar-refractivity contribution >= 4 is 11.6 Å². The highest BCUT2D eigenvalue weighted by molar-refractivity contribution is 5.95. The van der Waals surface area contributed by atoms with Gasteiger partial charge in [0.25, 0.3) is 0 Å². The van der Waals surface area contributed by atoms with Crippen molar-refractivity contribution < 1.29 is 4.79 Å². The Bertz CT molecular complexity index is 371. The van der Waals surface area contributed by atoms with E-state index in [0.717, 1.165) is 12.1 Å². The van der Waals surface area contributed by atoms with E-state index in [1.165, 1.54) is 11.1 Å². The number of nitrogens with one attached hydrogen (secondary N) is 1. The second-order valence-electron chi connectivity index (χ2n) is 3.89. The average molecular weight is 189 g/mol. The number of rotatable bonds is 1. The Morgan fingerprint density at radius 1 is 1.50 bits per heavy atom. The van der Waals surface area contributed by atoms with E-state index >= 15 is 0 Å². The molecule has 1 aromatic carbocycles. The molecule has 0 spiro atoms. The van der Waals surface area contributed by atoms with E-state index in [1.807, 2.05) is 12.1 Å². The summed E-state index contributed by atoms with van der Waals surface area (Å²) in [5, 5.41) is 2.93. The van der Waals surface area contributed by atoms with Crippen molar-refractivity contribution in [2.45, 2.75) is 32.6 Å². The van der Waals surface area contributed by atoms with Crippen LogP contribution in [-0.2, 0) is 4.79 Å². The van der Waals surface area contributed by atoms with Crippen molar-refractivity contribution in [2.75, 3.05) is 5.32 Å². The van der Waals surface area contributed by atoms with Crippen LogP contribution < -0.4 is 5.32 Å². The Hall–Kier alpha value is -1.31. The van der Waals surface area contributed by atoms with Crippen molar-refractivity contribution in [1.82, 2.24) is 0 Å². The van der Waals surface area contributed by atoms with Gasteiger partial charge in [-0.05, 0) is 36.5 Å². The van der Waals surface area contributed by atoms with Crippen LogP contribution >= 0.6 is 0 Å². The van der Waals surface area contributed by atoms with E-state index in [-0.39, 0.29) is 5.91 Å². The highest BCUT2D eigenvalue weighted by Gasteiger charge is 2.24. The third-order valence-corrected chi connectivity index (χ3v) is 2.93. The van der Waals surface area contributed by atoms with Crippen LogP contribution in [0.2, 0.25) is 0 Å². The summed E-state index contributed by atoms with van der Waals surface area (Å²) in [6, 6.07) is 6.09. The molecule has 0 aliphatic carbocycles. The van der Waals surface area contributed by atoms with Gasteiger partial charge < -0.3 is 5.32 Å². The van der Waals surface area contributed by atoms with E-state index in [9.17, 15) is 4.79 Å². The van der Waals surface area contributed by atoms with Crippen LogP contribution in [0.1, 0.15) is 36.8 Å². The van der Waals surface area contributed by atoms with Gasteiger partial charge in [0, 0.05) is 12.1 Å². The minimum Gasteiger partial charge on any atom is -0.326 e. The van der Waals surface area contributed by atoms with Gasteiger partial charge in [-0.1, -0.05) is 19.1 Å². The van der Waals surface area contributed by atoms with E-state index in [0.29, 0.717) is 12.3 Å². The standard InChI is InChI=1S/C12H15NO/c1-3-9-7-11(14)13-10-6-4-5-8(2)12(9)10/h4-6,9H,3,7H2,1-2H3,(H,13,14). The Labute approximate surface area is 84.3 Å². The maximum Gasteiger partial charge on any atom is 0.224 e. The zero-order valence-electron chi connectivity index (χ0n) is 8.63. The number of carbonyl (C=O) groups is 1. The van der Waals surface area contributed by atoms with Crippen molar-refractivity contribution in [3.63, 3.8) is 0 Å². The molecular formula is C12H15NO. The van der Waals surface area contributed by atoms with Gasteiger partial charge in [-0.15, -0.1) is 0 Å². The van der Waals surface area contributed by atoms with Gasteiger partial charge in [-0.2, -0.15) is 0 Å². The summed E-state index contributed by atoms with van der Waals surface area (Å²) in [7, 11) is 0. The summed E-state index contributed by atoms with van der Waals surface area (Å²) in [5.41, 5.74) is 3.62. The highest BCUT2D eigenvalue weighted by Crippen LogP contribution is 2.36. The minimum atomic E-state index is 0.148. The second-order valence-corrected chi connectivity index (χ2v) is 3.89. The number of anilines is 1. The lowest BCUT2D eigenvalue weighted by Crippen LogP contribution is -2.23. The first kappa shape index (κ1) is 9.25. The third-order valence-electron chi connectivity index (χ3n) is 2.93. The molecule has 2 heteroatoms. The smallest absolute Gasteiger partial charge is 0.224 e. The SMILES string of the molecule is CCC1CC(=O)Nc2cccc(C)c21. The van der Waals surface area contributed by atoms with Crippen molar-refractivity contribution in [3.8, 4) is 0 Å². The van der Waals surface area contributed by atoms with Gasteiger partial charge in [0.15, 0.2) is 0 Å². The maximum atomic E-state index is 11.4. The molecule has 0 fully saturated rings. The predicted octanol–water partition coefficient (Wildman–Crippen LogP) is 2.83. The monoisotopic (exact) mass is 189 g/mol. The van der Waals surface area contributed by atoms with E-state index < -0.39 is 0 Å². The van der Waals surface area contributed by atoms with Crippen LogP contribution in [0.15, 0.2) is 18.2 Å². The van der Waals surface area contributed by atoms with Crippen molar-refractivity contribution in [2.24, 2.45) is 0 Å². The summed E-state index contributed by atoms with van der Waals surface area (Å²) >= 11 is 0. The van der Waals surface area contributed by atoms with Crippen LogP contribution in [0.4, 0.5) is 5.69 Å². The lowest BCUT2D eigenvalue weighted by atomic mass is 9.86. The summed E-state index contributed by atoms with van der Waals surface area (Å²) in [5.74, 6) is 0.551. The van der Waals surface area contributed by atoms with Crippen LogP contribution in [0.3, 0.4) is 0 Å². The van der Waals surface area contributed by atoms with E-state index in [1.54, 1.807) is 0 Å². The summed E-state index contributed by atoms with van der Waals surface area (Å²) < 4.78 is 0. The molecule has 1 aliphatic heterocycles. The molecule has 1 amide bonds. The minimum absolute atomic E-state index is 0.148. The third kappa shape index (κ3) is 1.41. The van der Waals surface area contributed by atoms with Crippen LogP contribution in [0.25, 0.3) is 0 Å². The van der Waals surface area contributed by atoms with Crippen LogP contribution in [0, 0.1) is 6.92 Å². The molecule has 1 N–H and O–H groups in total. The molecule has 0 saturated carbocycles. The normalized spacial score (nSPS) is 20.1. The molecule has 2 rings (SSSR count). The molecular weight excluding hydrogens is 174 g/mol. The molecule has 14 heavy (non-hydrogen) atoms. The topological polar surface area (TPSA) is 29.1 Å². The van der Waals surface area contributed by atoms with E-state index in [4.69, 9.17) is 0 Å². The molecule has 1 heterocycles. The zero-order chi connectivity index (χ0) is 10.1. The van der Waals surface area contributed by atoms with Gasteiger partial charge in [0.1, 0.15) is 0 Å². The Morgan fingerprint density at radius 3 is 3.00 bits per heavy atom. The van der Waals surface area contributed by atoms with E-state index in [2.05, 4.69) is 25.2 Å². The fourth-order valence-corrected chi connectivity index (χ4v) is 2.21. The number of amides is 1. The fraction of sp³-hybridized carbons (Fsp3) is 0.417. The quantitative estimate of drug-likeness (QED) is 0.723. The molecule has 1 aromatic rings. The van der Waals surface area contributed by atoms with Crippen LogP contribution in [-0.4, -0.2) is 5.91 Å². The lowest BCUT2D eigenvalue weighted by molar-refractivity contribution is -0.116. The molecule has 0 radical (unpaired) electrons. The van der Waals surface area contributed by atoms with Gasteiger partial charge in [0.2, 0.25) is 5.91 Å². The number of carbonyl (C=O) groups excluding carboxylic acids is 1. The number of aryl methyl sites for hydroxylation is 1. The first-order valence-corrected chi connectivity index (χ1v) is 5.11. The fourth-order valence-electron chi connectivity index (χ4n) is 2.21. The Kier molecular flexibility index (Phi) is 2.28. The second kappa shape index (κ2) is 3.45. The van der Waals surface area contributed by atoms with Crippen molar-refractivity contribution in [3.05, 3.63) is 29.3 Å². The number of fused-ring (bicyclic) bond motifs is 1. The number of hydrogen-bond donors (Lipinski definition) is 1. The van der Waals surface area contributed by atoms with Gasteiger partial charge in [-0.25, -0.2) is 0 Å². The Morgan fingerprint density at radius 2 is 2.29 bits per heavy atom. The largest absolute Gasteiger partial charge is 0.326 e. The summed E-state index contributed by atoms with van der Waals surface area (Å²) in [6.07, 6.45) is 1.67. The highest BCUT2D eigenvalue weighted by atomic mass is 16.1. The predicted molar refractivity (Wildman–Crippen MR) is 57.5 cm³/mol. The van der Waals surface area contributed by atoms with Crippen LogP contribution in [0.5, 0.6) is 0 Å². The van der Waals surface area contributed by atoms with Gasteiger partial charge in [-0.3, -0.25) is 4.79 Å². The molecule has 74 valence electrons. The first-order valence-electron chi connectivity index (χ1n) is 5.11. The Balaban J connectivity index is 2.51. The number of hydrogen-bond acceptors (Lipinski definition) is 1.